The lowest BCUT2D eigenvalue weighted by Gasteiger charge is -2.20. The summed E-state index contributed by atoms with van der Waals surface area (Å²) in [5, 5.41) is 8.78. The van der Waals surface area contributed by atoms with E-state index in [1.807, 2.05) is 30.1 Å². The van der Waals surface area contributed by atoms with Gasteiger partial charge >= 0.3 is 0 Å². The molecule has 20 heavy (non-hydrogen) atoms. The molecule has 0 saturated heterocycles. The average Bonchev–Trinajstić information content (AvgIpc) is 2.44. The van der Waals surface area contributed by atoms with Crippen molar-refractivity contribution in [2.75, 3.05) is 17.7 Å². The molecule has 2 aromatic carbocycles. The third-order valence-corrected chi connectivity index (χ3v) is 3.17. The van der Waals surface area contributed by atoms with E-state index in [0.29, 0.717) is 18.7 Å². The van der Waals surface area contributed by atoms with Crippen LogP contribution in [0.2, 0.25) is 0 Å². The molecule has 0 aliphatic heterocycles. The van der Waals surface area contributed by atoms with Crippen LogP contribution in [0.25, 0.3) is 0 Å². The van der Waals surface area contributed by atoms with Gasteiger partial charge in [-0.25, -0.2) is 4.39 Å². The van der Waals surface area contributed by atoms with E-state index in [4.69, 9.17) is 11.0 Å². The highest BCUT2D eigenvalue weighted by Crippen LogP contribution is 2.22. The summed E-state index contributed by atoms with van der Waals surface area (Å²) in [6.07, 6.45) is 0.296. The number of nitrogen functional groups attached to an aromatic ring is 1. The fraction of sp³-hybridized carbons (Fsp3) is 0.188. The fourth-order valence-corrected chi connectivity index (χ4v) is 2.02. The Kier molecular flexibility index (Phi) is 4.21. The number of nitrogens with zero attached hydrogens (tertiary/aromatic N) is 2. The summed E-state index contributed by atoms with van der Waals surface area (Å²) >= 11 is 0. The molecular weight excluding hydrogens is 253 g/mol. The first-order valence-electron chi connectivity index (χ1n) is 6.31. The van der Waals surface area contributed by atoms with Gasteiger partial charge in [-0.2, -0.15) is 5.26 Å². The second-order valence-corrected chi connectivity index (χ2v) is 4.70. The van der Waals surface area contributed by atoms with Crippen molar-refractivity contribution in [3.05, 3.63) is 59.4 Å². The van der Waals surface area contributed by atoms with E-state index in [0.717, 1.165) is 16.8 Å². The molecule has 4 heteroatoms. The summed E-state index contributed by atoms with van der Waals surface area (Å²) in [4.78, 5) is 2.04. The number of hydrogen-bond acceptors (Lipinski definition) is 3. The number of hydrogen-bond donors (Lipinski definition) is 1. The zero-order valence-corrected chi connectivity index (χ0v) is 11.3. The molecule has 102 valence electrons. The van der Waals surface area contributed by atoms with E-state index in [2.05, 4.69) is 6.07 Å². The van der Waals surface area contributed by atoms with Crippen molar-refractivity contribution in [2.45, 2.75) is 13.0 Å². The van der Waals surface area contributed by atoms with Crippen LogP contribution in [0.3, 0.4) is 0 Å². The van der Waals surface area contributed by atoms with E-state index in [-0.39, 0.29) is 5.82 Å². The second-order valence-electron chi connectivity index (χ2n) is 4.70. The van der Waals surface area contributed by atoms with E-state index in [1.165, 1.54) is 12.1 Å². The van der Waals surface area contributed by atoms with E-state index in [1.54, 1.807) is 12.1 Å². The lowest BCUT2D eigenvalue weighted by atomic mass is 10.1. The molecule has 2 rings (SSSR count). The normalized spacial score (nSPS) is 10.1. The Morgan fingerprint density at radius 1 is 1.20 bits per heavy atom. The second kappa shape index (κ2) is 6.07. The van der Waals surface area contributed by atoms with Crippen LogP contribution in [0.4, 0.5) is 15.8 Å². The van der Waals surface area contributed by atoms with Gasteiger partial charge in [-0.05, 0) is 41.5 Å². The molecule has 0 aromatic heterocycles. The average molecular weight is 269 g/mol. The predicted molar refractivity (Wildman–Crippen MR) is 78.7 cm³/mol. The van der Waals surface area contributed by atoms with Crippen molar-refractivity contribution in [2.24, 2.45) is 0 Å². The summed E-state index contributed by atoms with van der Waals surface area (Å²) in [5.41, 5.74) is 9.29. The molecule has 0 fully saturated rings. The molecule has 0 heterocycles. The van der Waals surface area contributed by atoms with Crippen molar-refractivity contribution in [1.29, 1.82) is 5.26 Å². The first kappa shape index (κ1) is 13.9. The van der Waals surface area contributed by atoms with Crippen molar-refractivity contribution < 1.29 is 4.39 Å². The zero-order valence-electron chi connectivity index (χ0n) is 11.3. The van der Waals surface area contributed by atoms with E-state index >= 15 is 0 Å². The van der Waals surface area contributed by atoms with Crippen molar-refractivity contribution in [3.8, 4) is 6.07 Å². The Bertz CT molecular complexity index is 629. The molecule has 0 spiro atoms. The topological polar surface area (TPSA) is 53.0 Å². The van der Waals surface area contributed by atoms with Crippen molar-refractivity contribution in [3.63, 3.8) is 0 Å². The van der Waals surface area contributed by atoms with Crippen LogP contribution < -0.4 is 10.6 Å². The van der Waals surface area contributed by atoms with Gasteiger partial charge in [0.2, 0.25) is 0 Å². The van der Waals surface area contributed by atoms with Crippen LogP contribution in [0.1, 0.15) is 11.1 Å². The number of nitrogens with two attached hydrogens (primary N) is 1. The summed E-state index contributed by atoms with van der Waals surface area (Å²) in [7, 11) is 1.95. The molecule has 0 bridgehead atoms. The number of rotatable bonds is 4. The Labute approximate surface area is 118 Å². The maximum absolute atomic E-state index is 12.9. The van der Waals surface area contributed by atoms with Gasteiger partial charge in [-0.1, -0.05) is 12.1 Å². The molecule has 0 aliphatic rings. The maximum atomic E-state index is 12.9. The molecule has 0 unspecified atom stereocenters. The van der Waals surface area contributed by atoms with Gasteiger partial charge in [-0.3, -0.25) is 0 Å². The lowest BCUT2D eigenvalue weighted by molar-refractivity contribution is 0.627. The minimum absolute atomic E-state index is 0.236. The third-order valence-electron chi connectivity index (χ3n) is 3.17. The zero-order chi connectivity index (χ0) is 14.5. The summed E-state index contributed by atoms with van der Waals surface area (Å²) in [6, 6.07) is 14.2. The Hall–Kier alpha value is -2.54. The minimum Gasteiger partial charge on any atom is -0.398 e. The van der Waals surface area contributed by atoms with Gasteiger partial charge < -0.3 is 10.6 Å². The van der Waals surface area contributed by atoms with Gasteiger partial charge in [0.05, 0.1) is 12.5 Å². The van der Waals surface area contributed by atoms with E-state index in [9.17, 15) is 4.39 Å². The molecule has 0 saturated carbocycles. The molecule has 0 aliphatic carbocycles. The lowest BCUT2D eigenvalue weighted by Crippen LogP contribution is -2.16. The molecule has 2 aromatic rings. The van der Waals surface area contributed by atoms with Gasteiger partial charge in [-0.15, -0.1) is 0 Å². The van der Waals surface area contributed by atoms with Gasteiger partial charge in [0.25, 0.3) is 0 Å². The quantitative estimate of drug-likeness (QED) is 0.868. The number of anilines is 2. The van der Waals surface area contributed by atoms with Crippen molar-refractivity contribution >= 4 is 11.4 Å². The van der Waals surface area contributed by atoms with Crippen LogP contribution in [-0.4, -0.2) is 7.05 Å². The highest BCUT2D eigenvalue weighted by atomic mass is 19.1. The van der Waals surface area contributed by atoms with Crippen LogP contribution in [0, 0.1) is 17.1 Å². The highest BCUT2D eigenvalue weighted by molar-refractivity contribution is 5.59. The van der Waals surface area contributed by atoms with Gasteiger partial charge in [0.15, 0.2) is 0 Å². The van der Waals surface area contributed by atoms with E-state index < -0.39 is 0 Å². The van der Waals surface area contributed by atoms with Crippen LogP contribution >= 0.6 is 0 Å². The number of nitriles is 1. The van der Waals surface area contributed by atoms with Crippen LogP contribution in [0.15, 0.2) is 42.5 Å². The first-order chi connectivity index (χ1) is 9.60. The van der Waals surface area contributed by atoms with Crippen LogP contribution in [0.5, 0.6) is 0 Å². The van der Waals surface area contributed by atoms with Crippen molar-refractivity contribution in [1.82, 2.24) is 0 Å². The Morgan fingerprint density at radius 3 is 2.55 bits per heavy atom. The predicted octanol–water partition coefficient (Wildman–Crippen LogP) is 3.11. The SMILES string of the molecule is CN(Cc1ccc(F)cc1)c1ccc(N)c(CC#N)c1. The largest absolute Gasteiger partial charge is 0.398 e. The fourth-order valence-electron chi connectivity index (χ4n) is 2.02. The molecule has 0 atom stereocenters. The molecule has 3 nitrogen and oxygen atoms in total. The van der Waals surface area contributed by atoms with Crippen LogP contribution in [-0.2, 0) is 13.0 Å². The summed E-state index contributed by atoms with van der Waals surface area (Å²) < 4.78 is 12.9. The van der Waals surface area contributed by atoms with Gasteiger partial charge in [0, 0.05) is 25.0 Å². The molecule has 0 amide bonds. The number of halogens is 1. The minimum atomic E-state index is -0.236. The molecule has 0 radical (unpaired) electrons. The monoisotopic (exact) mass is 269 g/mol. The highest BCUT2D eigenvalue weighted by Gasteiger charge is 2.06. The first-order valence-corrected chi connectivity index (χ1v) is 6.31. The maximum Gasteiger partial charge on any atom is 0.123 e. The molecular formula is C16H16FN3. The standard InChI is InChI=1S/C16H16FN3/c1-20(11-12-2-4-14(17)5-3-12)15-6-7-16(19)13(10-15)8-9-18/h2-7,10H,8,11,19H2,1H3. The smallest absolute Gasteiger partial charge is 0.123 e. The Balaban J connectivity index is 2.16. The third kappa shape index (κ3) is 3.27. The Morgan fingerprint density at radius 2 is 1.90 bits per heavy atom. The summed E-state index contributed by atoms with van der Waals surface area (Å²) in [5.74, 6) is -0.236. The molecule has 2 N–H and O–H groups in total. The number of benzene rings is 2. The van der Waals surface area contributed by atoms with Gasteiger partial charge in [0.1, 0.15) is 5.82 Å². The summed E-state index contributed by atoms with van der Waals surface area (Å²) in [6.45, 7) is 0.663.